The summed E-state index contributed by atoms with van der Waals surface area (Å²) in [5, 5.41) is 9.71. The highest BCUT2D eigenvalue weighted by Gasteiger charge is 2.23. The lowest BCUT2D eigenvalue weighted by Crippen LogP contribution is -2.42. The Morgan fingerprint density at radius 3 is 2.53 bits per heavy atom. The Balaban J connectivity index is 2.83. The van der Waals surface area contributed by atoms with Gasteiger partial charge in [0.15, 0.2) is 0 Å². The van der Waals surface area contributed by atoms with Gasteiger partial charge in [-0.25, -0.2) is 9.97 Å². The van der Waals surface area contributed by atoms with Crippen LogP contribution in [0.5, 0.6) is 0 Å². The zero-order chi connectivity index (χ0) is 13.1. The number of aliphatic hydroxyl groups is 1. The van der Waals surface area contributed by atoms with Gasteiger partial charge in [-0.2, -0.15) is 0 Å². The molecular weight excluding hydrogens is 220 g/mol. The van der Waals surface area contributed by atoms with E-state index in [0.717, 1.165) is 0 Å². The molecule has 0 bridgehead atoms. The molecule has 0 saturated heterocycles. The molecule has 6 nitrogen and oxygen atoms in total. The van der Waals surface area contributed by atoms with Gasteiger partial charge < -0.3 is 15.7 Å². The van der Waals surface area contributed by atoms with Gasteiger partial charge in [0.25, 0.3) is 5.91 Å². The van der Waals surface area contributed by atoms with Crippen molar-refractivity contribution in [1.82, 2.24) is 14.9 Å². The van der Waals surface area contributed by atoms with Gasteiger partial charge in [-0.3, -0.25) is 4.79 Å². The van der Waals surface area contributed by atoms with Gasteiger partial charge in [-0.05, 0) is 20.8 Å². The van der Waals surface area contributed by atoms with Crippen LogP contribution >= 0.6 is 0 Å². The van der Waals surface area contributed by atoms with Gasteiger partial charge in [-0.15, -0.1) is 0 Å². The molecule has 1 aromatic heterocycles. The first-order chi connectivity index (χ1) is 7.83. The fraction of sp³-hybridized carbons (Fsp3) is 0.545. The van der Waals surface area contributed by atoms with Gasteiger partial charge in [-0.1, -0.05) is 0 Å². The summed E-state index contributed by atoms with van der Waals surface area (Å²) in [6, 6.07) is 0. The number of nitrogen functional groups attached to an aromatic ring is 1. The van der Waals surface area contributed by atoms with Crippen molar-refractivity contribution in [3.05, 3.63) is 18.1 Å². The molecule has 1 amide bonds. The topological polar surface area (TPSA) is 92.3 Å². The van der Waals surface area contributed by atoms with Crippen molar-refractivity contribution in [1.29, 1.82) is 0 Å². The second kappa shape index (κ2) is 5.09. The van der Waals surface area contributed by atoms with Crippen LogP contribution in [0.4, 0.5) is 5.82 Å². The van der Waals surface area contributed by atoms with Crippen LogP contribution in [0, 0.1) is 0 Å². The van der Waals surface area contributed by atoms with E-state index in [-0.39, 0.29) is 24.0 Å². The molecule has 0 aliphatic rings. The maximum Gasteiger partial charge on any atom is 0.274 e. The van der Waals surface area contributed by atoms with Crippen LogP contribution in [0.25, 0.3) is 0 Å². The third-order valence-electron chi connectivity index (χ3n) is 2.14. The highest BCUT2D eigenvalue weighted by molar-refractivity contribution is 5.92. The van der Waals surface area contributed by atoms with E-state index < -0.39 is 5.60 Å². The zero-order valence-electron chi connectivity index (χ0n) is 10.3. The van der Waals surface area contributed by atoms with Crippen LogP contribution in [0.3, 0.4) is 0 Å². The smallest absolute Gasteiger partial charge is 0.274 e. The first-order valence-corrected chi connectivity index (χ1v) is 5.42. The molecule has 0 radical (unpaired) electrons. The molecule has 1 aromatic rings. The Bertz CT molecular complexity index is 383. The van der Waals surface area contributed by atoms with Crippen LogP contribution in [0.1, 0.15) is 31.3 Å². The summed E-state index contributed by atoms with van der Waals surface area (Å²) < 4.78 is 0. The van der Waals surface area contributed by atoms with E-state index in [1.165, 1.54) is 17.3 Å². The quantitative estimate of drug-likeness (QED) is 0.786. The third-order valence-corrected chi connectivity index (χ3v) is 2.14. The van der Waals surface area contributed by atoms with Gasteiger partial charge in [0.05, 0.1) is 18.0 Å². The van der Waals surface area contributed by atoms with Crippen molar-refractivity contribution >= 4 is 11.7 Å². The molecule has 0 unspecified atom stereocenters. The molecule has 1 heterocycles. The number of likely N-dealkylation sites (N-methyl/N-ethyl adjacent to an activating group) is 1. The monoisotopic (exact) mass is 238 g/mol. The van der Waals surface area contributed by atoms with Crippen molar-refractivity contribution in [3.8, 4) is 0 Å². The van der Waals surface area contributed by atoms with Crippen molar-refractivity contribution in [3.63, 3.8) is 0 Å². The predicted octanol–water partition coefficient (Wildman–Crippen LogP) is 0.292. The Kier molecular flexibility index (Phi) is 4.01. The largest absolute Gasteiger partial charge is 0.389 e. The van der Waals surface area contributed by atoms with E-state index in [2.05, 4.69) is 9.97 Å². The average Bonchev–Trinajstić information content (AvgIpc) is 2.25. The van der Waals surface area contributed by atoms with Gasteiger partial charge >= 0.3 is 0 Å². The minimum Gasteiger partial charge on any atom is -0.389 e. The third kappa shape index (κ3) is 3.99. The van der Waals surface area contributed by atoms with Gasteiger partial charge in [0, 0.05) is 13.1 Å². The zero-order valence-corrected chi connectivity index (χ0v) is 10.3. The lowest BCUT2D eigenvalue weighted by molar-refractivity contribution is 0.0311. The summed E-state index contributed by atoms with van der Waals surface area (Å²) in [6.07, 6.45) is 2.68. The van der Waals surface area contributed by atoms with E-state index in [9.17, 15) is 9.90 Å². The highest BCUT2D eigenvalue weighted by Crippen LogP contribution is 2.08. The lowest BCUT2D eigenvalue weighted by Gasteiger charge is -2.27. The summed E-state index contributed by atoms with van der Waals surface area (Å²) in [4.78, 5) is 21.3. The standard InChI is InChI=1S/C11H18N4O2/c1-4-15(7-11(2,3)17)10(16)8-5-14-9(12)6-13-8/h5-6,17H,4,7H2,1-3H3,(H2,12,14). The number of nitrogens with two attached hydrogens (primary N) is 1. The Hall–Kier alpha value is -1.69. The number of hydrogen-bond acceptors (Lipinski definition) is 5. The normalized spacial score (nSPS) is 11.3. The van der Waals surface area contributed by atoms with E-state index in [1.54, 1.807) is 13.8 Å². The van der Waals surface area contributed by atoms with Crippen molar-refractivity contribution in [2.24, 2.45) is 0 Å². The molecule has 0 saturated carbocycles. The van der Waals surface area contributed by atoms with Crippen molar-refractivity contribution in [2.45, 2.75) is 26.4 Å². The summed E-state index contributed by atoms with van der Waals surface area (Å²) in [7, 11) is 0. The summed E-state index contributed by atoms with van der Waals surface area (Å²) in [5.41, 5.74) is 4.69. The van der Waals surface area contributed by atoms with Crippen LogP contribution in [-0.2, 0) is 0 Å². The fourth-order valence-corrected chi connectivity index (χ4v) is 1.40. The molecule has 94 valence electrons. The molecule has 0 aromatic carbocycles. The first kappa shape index (κ1) is 13.4. The summed E-state index contributed by atoms with van der Waals surface area (Å²) >= 11 is 0. The van der Waals surface area contributed by atoms with Crippen molar-refractivity contribution < 1.29 is 9.90 Å². The maximum absolute atomic E-state index is 12.0. The molecular formula is C11H18N4O2. The number of amides is 1. The lowest BCUT2D eigenvalue weighted by atomic mass is 10.1. The number of nitrogens with zero attached hydrogens (tertiary/aromatic N) is 3. The molecule has 3 N–H and O–H groups in total. The number of anilines is 1. The molecule has 0 fully saturated rings. The molecule has 1 rings (SSSR count). The number of carbonyl (C=O) groups is 1. The number of carbonyl (C=O) groups excluding carboxylic acids is 1. The molecule has 0 aliphatic heterocycles. The van der Waals surface area contributed by atoms with E-state index >= 15 is 0 Å². The molecule has 17 heavy (non-hydrogen) atoms. The SMILES string of the molecule is CCN(CC(C)(C)O)C(=O)c1cnc(N)cn1. The molecule has 0 aliphatic carbocycles. The Labute approximate surface area is 100 Å². The number of rotatable bonds is 4. The second-order valence-electron chi connectivity index (χ2n) is 4.46. The summed E-state index contributed by atoms with van der Waals surface area (Å²) in [5.74, 6) is 0.00853. The van der Waals surface area contributed by atoms with E-state index in [0.29, 0.717) is 6.54 Å². The fourth-order valence-electron chi connectivity index (χ4n) is 1.40. The second-order valence-corrected chi connectivity index (χ2v) is 4.46. The van der Waals surface area contributed by atoms with Gasteiger partial charge in [0.1, 0.15) is 11.5 Å². The highest BCUT2D eigenvalue weighted by atomic mass is 16.3. The molecule has 0 atom stereocenters. The van der Waals surface area contributed by atoms with Crippen LogP contribution in [0.15, 0.2) is 12.4 Å². The average molecular weight is 238 g/mol. The minimum atomic E-state index is -0.938. The van der Waals surface area contributed by atoms with Gasteiger partial charge in [0.2, 0.25) is 0 Å². The predicted molar refractivity (Wildman–Crippen MR) is 64.3 cm³/mol. The number of hydrogen-bond donors (Lipinski definition) is 2. The first-order valence-electron chi connectivity index (χ1n) is 5.42. The molecule has 0 spiro atoms. The van der Waals surface area contributed by atoms with Crippen LogP contribution < -0.4 is 5.73 Å². The van der Waals surface area contributed by atoms with Crippen molar-refractivity contribution in [2.75, 3.05) is 18.8 Å². The summed E-state index contributed by atoms with van der Waals surface area (Å²) in [6.45, 7) is 5.88. The van der Waals surface area contributed by atoms with E-state index in [4.69, 9.17) is 5.73 Å². The maximum atomic E-state index is 12.0. The van der Waals surface area contributed by atoms with Crippen LogP contribution in [0.2, 0.25) is 0 Å². The van der Waals surface area contributed by atoms with Crippen LogP contribution in [-0.4, -0.2) is 44.6 Å². The number of aromatic nitrogens is 2. The minimum absolute atomic E-state index is 0.227. The Morgan fingerprint density at radius 2 is 2.12 bits per heavy atom. The van der Waals surface area contributed by atoms with E-state index in [1.807, 2.05) is 6.92 Å². The molecule has 6 heteroatoms. The Morgan fingerprint density at radius 1 is 1.47 bits per heavy atom.